The first-order chi connectivity index (χ1) is 12.1. The molecule has 0 atom stereocenters. The van der Waals surface area contributed by atoms with Gasteiger partial charge in [0.2, 0.25) is 15.9 Å². The van der Waals surface area contributed by atoms with Crippen molar-refractivity contribution < 1.29 is 13.2 Å². The van der Waals surface area contributed by atoms with Crippen LogP contribution < -0.4 is 9.46 Å². The molecule has 1 heterocycles. The summed E-state index contributed by atoms with van der Waals surface area (Å²) in [7, 11) is -3.20. The lowest BCUT2D eigenvalue weighted by Gasteiger charge is -2.31. The van der Waals surface area contributed by atoms with Crippen LogP contribution in [0.15, 0.2) is 18.3 Å². The Morgan fingerprint density at radius 2 is 1.80 bits per heavy atom. The van der Waals surface area contributed by atoms with Crippen molar-refractivity contribution in [3.8, 4) is 11.9 Å². The molecule has 25 heavy (non-hydrogen) atoms. The van der Waals surface area contributed by atoms with Crippen LogP contribution in [-0.4, -0.2) is 30.8 Å². The molecule has 1 N–H and O–H groups in total. The van der Waals surface area contributed by atoms with Crippen molar-refractivity contribution in [2.24, 2.45) is 0 Å². The smallest absolute Gasteiger partial charge is 0.214 e. The van der Waals surface area contributed by atoms with Gasteiger partial charge < -0.3 is 4.74 Å². The molecule has 2 aliphatic rings. The maximum atomic E-state index is 12.5. The van der Waals surface area contributed by atoms with E-state index in [-0.39, 0.29) is 17.4 Å². The Morgan fingerprint density at radius 1 is 1.08 bits per heavy atom. The van der Waals surface area contributed by atoms with Crippen molar-refractivity contribution in [2.75, 3.05) is 0 Å². The van der Waals surface area contributed by atoms with Gasteiger partial charge in [-0.25, -0.2) is 18.1 Å². The second kappa shape index (κ2) is 8.15. The van der Waals surface area contributed by atoms with Crippen molar-refractivity contribution in [1.29, 1.82) is 5.26 Å². The second-order valence-corrected chi connectivity index (χ2v) is 9.00. The number of hydrogen-bond acceptors (Lipinski definition) is 5. The molecule has 1 aromatic heterocycles. The first-order valence-electron chi connectivity index (χ1n) is 9.11. The average Bonchev–Trinajstić information content (AvgIpc) is 2.64. The van der Waals surface area contributed by atoms with E-state index in [0.29, 0.717) is 11.4 Å². The molecule has 0 aliphatic heterocycles. The van der Waals surface area contributed by atoms with Gasteiger partial charge in [-0.2, -0.15) is 5.26 Å². The van der Waals surface area contributed by atoms with Crippen molar-refractivity contribution >= 4 is 10.0 Å². The summed E-state index contributed by atoms with van der Waals surface area (Å²) >= 11 is 0. The predicted octanol–water partition coefficient (Wildman–Crippen LogP) is 2.90. The monoisotopic (exact) mass is 363 g/mol. The number of aromatic nitrogens is 1. The quantitative estimate of drug-likeness (QED) is 0.868. The number of hydrogen-bond donors (Lipinski definition) is 1. The van der Waals surface area contributed by atoms with E-state index in [1.807, 2.05) is 6.07 Å². The van der Waals surface area contributed by atoms with Gasteiger partial charge in [0.05, 0.1) is 10.8 Å². The molecule has 2 aliphatic carbocycles. The number of rotatable bonds is 5. The minimum absolute atomic E-state index is 0.0145. The molecule has 0 aromatic carbocycles. The Labute approximate surface area is 149 Å². The second-order valence-electron chi connectivity index (χ2n) is 7.01. The molecule has 3 rings (SSSR count). The van der Waals surface area contributed by atoms with E-state index in [1.54, 1.807) is 12.1 Å². The van der Waals surface area contributed by atoms with E-state index in [9.17, 15) is 8.42 Å². The third-order valence-electron chi connectivity index (χ3n) is 5.15. The Kier molecular flexibility index (Phi) is 5.92. The fourth-order valence-electron chi connectivity index (χ4n) is 3.69. The molecule has 0 spiro atoms. The van der Waals surface area contributed by atoms with Gasteiger partial charge in [0.1, 0.15) is 12.2 Å². The standard InChI is InChI=1S/C18H25N3O3S/c19-12-14-6-11-18(20-13-14)24-16-9-7-15(8-10-16)21-25(22,23)17-4-2-1-3-5-17/h6,11,13,15-17,21H,1-5,7-10H2. The summed E-state index contributed by atoms with van der Waals surface area (Å²) in [5.41, 5.74) is 0.508. The first kappa shape index (κ1) is 18.2. The molecule has 2 fully saturated rings. The molecule has 6 nitrogen and oxygen atoms in total. The molecule has 0 bridgehead atoms. The summed E-state index contributed by atoms with van der Waals surface area (Å²) < 4.78 is 33.8. The number of ether oxygens (including phenoxy) is 1. The lowest BCUT2D eigenvalue weighted by molar-refractivity contribution is 0.138. The van der Waals surface area contributed by atoms with Crippen LogP contribution in [0.1, 0.15) is 63.4 Å². The van der Waals surface area contributed by atoms with Crippen LogP contribution >= 0.6 is 0 Å². The van der Waals surface area contributed by atoms with Crippen LogP contribution in [0.4, 0.5) is 0 Å². The fourth-order valence-corrected chi connectivity index (χ4v) is 5.54. The SMILES string of the molecule is N#Cc1ccc(OC2CCC(NS(=O)(=O)C3CCCCC3)CC2)nc1. The Bertz CT molecular complexity index is 698. The number of nitriles is 1. The molecule has 136 valence electrons. The van der Waals surface area contributed by atoms with Gasteiger partial charge in [0.25, 0.3) is 0 Å². The molecule has 0 radical (unpaired) electrons. The van der Waals surface area contributed by atoms with E-state index in [0.717, 1.165) is 57.8 Å². The van der Waals surface area contributed by atoms with Crippen molar-refractivity contribution in [1.82, 2.24) is 9.71 Å². The van der Waals surface area contributed by atoms with Crippen LogP contribution in [0.25, 0.3) is 0 Å². The Balaban J connectivity index is 1.47. The van der Waals surface area contributed by atoms with Crippen LogP contribution in [0.2, 0.25) is 0 Å². The van der Waals surface area contributed by atoms with Gasteiger partial charge in [-0.1, -0.05) is 19.3 Å². The summed E-state index contributed by atoms with van der Waals surface area (Å²) in [6.45, 7) is 0. The minimum atomic E-state index is -3.20. The molecule has 7 heteroatoms. The lowest BCUT2D eigenvalue weighted by atomic mass is 9.94. The number of pyridine rings is 1. The van der Waals surface area contributed by atoms with Gasteiger partial charge in [-0.15, -0.1) is 0 Å². The van der Waals surface area contributed by atoms with Gasteiger partial charge in [0.15, 0.2) is 0 Å². The molecule has 0 amide bonds. The Morgan fingerprint density at radius 3 is 2.40 bits per heavy atom. The number of sulfonamides is 1. The minimum Gasteiger partial charge on any atom is -0.474 e. The summed E-state index contributed by atoms with van der Waals surface area (Å²) in [5.74, 6) is 0.519. The van der Waals surface area contributed by atoms with E-state index in [2.05, 4.69) is 9.71 Å². The van der Waals surface area contributed by atoms with E-state index in [1.165, 1.54) is 6.20 Å². The maximum Gasteiger partial charge on any atom is 0.214 e. The molecular weight excluding hydrogens is 338 g/mol. The lowest BCUT2D eigenvalue weighted by Crippen LogP contribution is -2.44. The zero-order valence-electron chi connectivity index (χ0n) is 14.4. The highest BCUT2D eigenvalue weighted by molar-refractivity contribution is 7.90. The van der Waals surface area contributed by atoms with Crippen molar-refractivity contribution in [3.63, 3.8) is 0 Å². The van der Waals surface area contributed by atoms with Gasteiger partial charge in [-0.3, -0.25) is 0 Å². The highest BCUT2D eigenvalue weighted by atomic mass is 32.2. The largest absolute Gasteiger partial charge is 0.474 e. The third kappa shape index (κ3) is 4.93. The average molecular weight is 363 g/mol. The van der Waals surface area contributed by atoms with Crippen molar-refractivity contribution in [3.05, 3.63) is 23.9 Å². The predicted molar refractivity (Wildman–Crippen MR) is 94.6 cm³/mol. The van der Waals surface area contributed by atoms with Crippen molar-refractivity contribution in [2.45, 2.75) is 75.2 Å². The van der Waals surface area contributed by atoms with Gasteiger partial charge >= 0.3 is 0 Å². The summed E-state index contributed by atoms with van der Waals surface area (Å²) in [6.07, 6.45) is 9.50. The van der Waals surface area contributed by atoms with E-state index < -0.39 is 10.0 Å². The van der Waals surface area contributed by atoms with Gasteiger partial charge in [-0.05, 0) is 44.6 Å². The van der Waals surface area contributed by atoms with Gasteiger partial charge in [0, 0.05) is 18.3 Å². The normalized spacial score (nSPS) is 25.2. The molecule has 0 saturated heterocycles. The van der Waals surface area contributed by atoms with Crippen LogP contribution in [-0.2, 0) is 10.0 Å². The first-order valence-corrected chi connectivity index (χ1v) is 10.7. The zero-order valence-corrected chi connectivity index (χ0v) is 15.2. The summed E-state index contributed by atoms with van der Waals surface area (Å²) in [4.78, 5) is 4.13. The number of nitrogens with one attached hydrogen (secondary N) is 1. The fraction of sp³-hybridized carbons (Fsp3) is 0.667. The maximum absolute atomic E-state index is 12.5. The molecule has 1 aromatic rings. The highest BCUT2D eigenvalue weighted by Crippen LogP contribution is 2.27. The van der Waals surface area contributed by atoms with Crippen LogP contribution in [0.3, 0.4) is 0 Å². The topological polar surface area (TPSA) is 92.1 Å². The molecular formula is C18H25N3O3S. The molecule has 2 saturated carbocycles. The van der Waals surface area contributed by atoms with Crippen LogP contribution in [0.5, 0.6) is 5.88 Å². The molecule has 0 unspecified atom stereocenters. The van der Waals surface area contributed by atoms with E-state index >= 15 is 0 Å². The summed E-state index contributed by atoms with van der Waals surface area (Å²) in [5, 5.41) is 8.57. The van der Waals surface area contributed by atoms with Crippen LogP contribution in [0, 0.1) is 11.3 Å². The third-order valence-corrected chi connectivity index (χ3v) is 7.16. The number of nitrogens with zero attached hydrogens (tertiary/aromatic N) is 2. The summed E-state index contributed by atoms with van der Waals surface area (Å²) in [6, 6.07) is 5.44. The van der Waals surface area contributed by atoms with E-state index in [4.69, 9.17) is 10.00 Å². The highest BCUT2D eigenvalue weighted by Gasteiger charge is 2.31. The zero-order chi connectivity index (χ0) is 17.7. The Hall–Kier alpha value is -1.65.